The Kier molecular flexibility index (Phi) is 5.42. The average molecular weight is 364 g/mol. The van der Waals surface area contributed by atoms with E-state index in [2.05, 4.69) is 5.32 Å². The molecule has 0 aliphatic carbocycles. The SMILES string of the molecule is COCCN1C(=O)C(Nc2cccc(C)c2)=C(c2ccc(C)cc2C)C1=O. The van der Waals surface area contributed by atoms with Gasteiger partial charge in [0.2, 0.25) is 0 Å². The summed E-state index contributed by atoms with van der Waals surface area (Å²) in [6.07, 6.45) is 0. The van der Waals surface area contributed by atoms with E-state index in [0.29, 0.717) is 17.9 Å². The molecule has 2 aromatic rings. The summed E-state index contributed by atoms with van der Waals surface area (Å²) in [6, 6.07) is 13.6. The zero-order chi connectivity index (χ0) is 19.6. The van der Waals surface area contributed by atoms with Gasteiger partial charge < -0.3 is 10.1 Å². The number of aryl methyl sites for hydroxylation is 3. The van der Waals surface area contributed by atoms with Crippen molar-refractivity contribution >= 4 is 23.1 Å². The molecule has 5 heteroatoms. The highest BCUT2D eigenvalue weighted by atomic mass is 16.5. The first kappa shape index (κ1) is 18.9. The van der Waals surface area contributed by atoms with E-state index in [1.54, 1.807) is 7.11 Å². The quantitative estimate of drug-likeness (QED) is 0.798. The van der Waals surface area contributed by atoms with E-state index in [4.69, 9.17) is 4.74 Å². The van der Waals surface area contributed by atoms with Crippen LogP contribution in [-0.4, -0.2) is 37.0 Å². The van der Waals surface area contributed by atoms with E-state index in [1.807, 2.05) is 63.2 Å². The minimum Gasteiger partial charge on any atom is -0.383 e. The van der Waals surface area contributed by atoms with E-state index in [0.717, 1.165) is 27.9 Å². The molecule has 0 bridgehead atoms. The van der Waals surface area contributed by atoms with Crippen LogP contribution in [-0.2, 0) is 14.3 Å². The lowest BCUT2D eigenvalue weighted by Gasteiger charge is -2.14. The molecule has 1 heterocycles. The third kappa shape index (κ3) is 3.78. The number of rotatable bonds is 6. The number of hydrogen-bond acceptors (Lipinski definition) is 4. The third-order valence-electron chi connectivity index (χ3n) is 4.63. The first-order chi connectivity index (χ1) is 12.9. The molecule has 140 valence electrons. The molecule has 3 rings (SSSR count). The van der Waals surface area contributed by atoms with Gasteiger partial charge in [-0.3, -0.25) is 14.5 Å². The van der Waals surface area contributed by atoms with Gasteiger partial charge in [-0.05, 0) is 49.6 Å². The van der Waals surface area contributed by atoms with Crippen molar-refractivity contribution in [3.8, 4) is 0 Å². The van der Waals surface area contributed by atoms with Gasteiger partial charge in [0.05, 0.1) is 18.7 Å². The van der Waals surface area contributed by atoms with Crippen LogP contribution in [0.4, 0.5) is 5.69 Å². The topological polar surface area (TPSA) is 58.6 Å². The largest absolute Gasteiger partial charge is 0.383 e. The van der Waals surface area contributed by atoms with E-state index in [1.165, 1.54) is 4.90 Å². The minimum absolute atomic E-state index is 0.224. The number of anilines is 1. The van der Waals surface area contributed by atoms with Crippen molar-refractivity contribution in [3.63, 3.8) is 0 Å². The normalized spacial score (nSPS) is 14.3. The number of nitrogens with one attached hydrogen (secondary N) is 1. The van der Waals surface area contributed by atoms with Crippen molar-refractivity contribution in [2.24, 2.45) is 0 Å². The number of imide groups is 1. The van der Waals surface area contributed by atoms with E-state index in [9.17, 15) is 9.59 Å². The smallest absolute Gasteiger partial charge is 0.278 e. The van der Waals surface area contributed by atoms with Gasteiger partial charge in [0.1, 0.15) is 5.70 Å². The molecule has 0 fully saturated rings. The molecule has 2 amide bonds. The van der Waals surface area contributed by atoms with Crippen molar-refractivity contribution in [3.05, 3.63) is 70.4 Å². The monoisotopic (exact) mass is 364 g/mol. The van der Waals surface area contributed by atoms with Gasteiger partial charge in [0, 0.05) is 12.8 Å². The zero-order valence-corrected chi connectivity index (χ0v) is 16.1. The molecular weight excluding hydrogens is 340 g/mol. The van der Waals surface area contributed by atoms with Crippen LogP contribution in [0.1, 0.15) is 22.3 Å². The summed E-state index contributed by atoms with van der Waals surface area (Å²) >= 11 is 0. The maximum atomic E-state index is 13.1. The van der Waals surface area contributed by atoms with Crippen molar-refractivity contribution in [1.82, 2.24) is 4.90 Å². The fourth-order valence-electron chi connectivity index (χ4n) is 3.29. The first-order valence-electron chi connectivity index (χ1n) is 8.93. The van der Waals surface area contributed by atoms with Crippen LogP contribution in [0.5, 0.6) is 0 Å². The van der Waals surface area contributed by atoms with Gasteiger partial charge in [0.25, 0.3) is 11.8 Å². The van der Waals surface area contributed by atoms with Crippen molar-refractivity contribution in [2.45, 2.75) is 20.8 Å². The molecule has 1 aliphatic heterocycles. The predicted octanol–water partition coefficient (Wildman–Crippen LogP) is 3.45. The molecule has 2 aromatic carbocycles. The average Bonchev–Trinajstić information content (AvgIpc) is 2.84. The molecule has 27 heavy (non-hydrogen) atoms. The second-order valence-electron chi connectivity index (χ2n) is 6.82. The number of carbonyl (C=O) groups excluding carboxylic acids is 2. The lowest BCUT2D eigenvalue weighted by molar-refractivity contribution is -0.137. The summed E-state index contributed by atoms with van der Waals surface area (Å²) in [5, 5.41) is 3.19. The van der Waals surface area contributed by atoms with Gasteiger partial charge in [-0.25, -0.2) is 0 Å². The van der Waals surface area contributed by atoms with E-state index in [-0.39, 0.29) is 18.4 Å². The van der Waals surface area contributed by atoms with Crippen molar-refractivity contribution in [1.29, 1.82) is 0 Å². The molecule has 0 unspecified atom stereocenters. The Morgan fingerprint density at radius 2 is 1.70 bits per heavy atom. The Hall–Kier alpha value is -2.92. The van der Waals surface area contributed by atoms with Crippen LogP contribution in [0.25, 0.3) is 5.57 Å². The number of amides is 2. The lowest BCUT2D eigenvalue weighted by atomic mass is 9.97. The first-order valence-corrected chi connectivity index (χ1v) is 8.93. The van der Waals surface area contributed by atoms with Crippen LogP contribution < -0.4 is 5.32 Å². The molecule has 1 aliphatic rings. The van der Waals surface area contributed by atoms with Crippen molar-refractivity contribution < 1.29 is 14.3 Å². The molecule has 0 atom stereocenters. The Bertz CT molecular complexity index is 931. The molecule has 0 aromatic heterocycles. The Labute approximate surface area is 159 Å². The summed E-state index contributed by atoms with van der Waals surface area (Å²) < 4.78 is 5.07. The van der Waals surface area contributed by atoms with Crippen LogP contribution in [0.3, 0.4) is 0 Å². The summed E-state index contributed by atoms with van der Waals surface area (Å²) in [6.45, 7) is 6.47. The number of methoxy groups -OCH3 is 1. The van der Waals surface area contributed by atoms with Gasteiger partial charge >= 0.3 is 0 Å². The Balaban J connectivity index is 2.09. The second kappa shape index (κ2) is 7.76. The fraction of sp³-hybridized carbons (Fsp3) is 0.273. The highest BCUT2D eigenvalue weighted by Crippen LogP contribution is 2.32. The zero-order valence-electron chi connectivity index (χ0n) is 16.1. The summed E-state index contributed by atoms with van der Waals surface area (Å²) in [7, 11) is 1.55. The molecule has 1 N–H and O–H groups in total. The second-order valence-corrected chi connectivity index (χ2v) is 6.82. The molecule has 0 radical (unpaired) electrons. The Morgan fingerprint density at radius 3 is 2.37 bits per heavy atom. The number of benzene rings is 2. The molecular formula is C22H24N2O3. The summed E-state index contributed by atoms with van der Waals surface area (Å²) in [5.74, 6) is -0.618. The van der Waals surface area contributed by atoms with Crippen LogP contribution >= 0.6 is 0 Å². The number of carbonyl (C=O) groups is 2. The van der Waals surface area contributed by atoms with Gasteiger partial charge in [-0.2, -0.15) is 0 Å². The summed E-state index contributed by atoms with van der Waals surface area (Å²) in [5.41, 5.74) is 5.42. The molecule has 0 saturated heterocycles. The maximum absolute atomic E-state index is 13.1. The molecule has 0 saturated carbocycles. The van der Waals surface area contributed by atoms with Crippen LogP contribution in [0.2, 0.25) is 0 Å². The highest BCUT2D eigenvalue weighted by molar-refractivity contribution is 6.36. The number of nitrogens with zero attached hydrogens (tertiary/aromatic N) is 1. The van der Waals surface area contributed by atoms with E-state index >= 15 is 0 Å². The summed E-state index contributed by atoms with van der Waals surface area (Å²) in [4.78, 5) is 27.3. The number of ether oxygens (including phenoxy) is 1. The van der Waals surface area contributed by atoms with Crippen molar-refractivity contribution in [2.75, 3.05) is 25.6 Å². The maximum Gasteiger partial charge on any atom is 0.278 e. The van der Waals surface area contributed by atoms with Crippen LogP contribution in [0, 0.1) is 20.8 Å². The highest BCUT2D eigenvalue weighted by Gasteiger charge is 2.39. The molecule has 0 spiro atoms. The van der Waals surface area contributed by atoms with Crippen LogP contribution in [0.15, 0.2) is 48.2 Å². The fourth-order valence-corrected chi connectivity index (χ4v) is 3.29. The Morgan fingerprint density at radius 1 is 0.963 bits per heavy atom. The van der Waals surface area contributed by atoms with Gasteiger partial charge in [0.15, 0.2) is 0 Å². The lowest BCUT2D eigenvalue weighted by Crippen LogP contribution is -2.35. The van der Waals surface area contributed by atoms with Gasteiger partial charge in [-0.1, -0.05) is 35.9 Å². The standard InChI is InChI=1S/C22H24N2O3/c1-14-6-5-7-17(13-14)23-20-19(18-9-8-15(2)12-16(18)3)21(25)24(22(20)26)10-11-27-4/h5-9,12-13,23H,10-11H2,1-4H3. The van der Waals surface area contributed by atoms with E-state index < -0.39 is 0 Å². The third-order valence-corrected chi connectivity index (χ3v) is 4.63. The number of hydrogen-bond donors (Lipinski definition) is 1. The van der Waals surface area contributed by atoms with Gasteiger partial charge in [-0.15, -0.1) is 0 Å². The predicted molar refractivity (Wildman–Crippen MR) is 106 cm³/mol. The molecule has 5 nitrogen and oxygen atoms in total. The minimum atomic E-state index is -0.325.